The molecule has 2 N–H and O–H groups in total. The zero-order valence-electron chi connectivity index (χ0n) is 13.8. The summed E-state index contributed by atoms with van der Waals surface area (Å²) in [5.41, 5.74) is 3.37. The number of anilines is 2. The third-order valence-electron chi connectivity index (χ3n) is 4.35. The molecular weight excluding hydrogens is 366 g/mol. The van der Waals surface area contributed by atoms with Crippen molar-refractivity contribution in [2.24, 2.45) is 0 Å². The Morgan fingerprint density at radius 2 is 1.96 bits per heavy atom. The van der Waals surface area contributed by atoms with E-state index in [1.54, 1.807) is 12.4 Å². The van der Waals surface area contributed by atoms with Crippen LogP contribution in [0.2, 0.25) is 0 Å². The molecule has 24 heavy (non-hydrogen) atoms. The zero-order valence-corrected chi connectivity index (χ0v) is 15.4. The van der Waals surface area contributed by atoms with Gasteiger partial charge in [-0.15, -0.1) is 0 Å². The Labute approximate surface area is 151 Å². The van der Waals surface area contributed by atoms with Crippen molar-refractivity contribution in [3.63, 3.8) is 0 Å². The second-order valence-corrected chi connectivity index (χ2v) is 7.23. The van der Waals surface area contributed by atoms with E-state index >= 15 is 0 Å². The Morgan fingerprint density at radius 3 is 2.71 bits per heavy atom. The summed E-state index contributed by atoms with van der Waals surface area (Å²) >= 11 is 3.49. The third kappa shape index (κ3) is 4.35. The lowest BCUT2D eigenvalue weighted by atomic mass is 9.95. The van der Waals surface area contributed by atoms with Gasteiger partial charge in [-0.25, -0.2) is 0 Å². The van der Waals surface area contributed by atoms with Crippen LogP contribution in [0.5, 0.6) is 0 Å². The summed E-state index contributed by atoms with van der Waals surface area (Å²) in [5.74, 6) is -0.153. The first-order valence-electron chi connectivity index (χ1n) is 8.41. The van der Waals surface area contributed by atoms with E-state index in [1.165, 1.54) is 32.1 Å². The molecule has 0 radical (unpaired) electrons. The van der Waals surface area contributed by atoms with Gasteiger partial charge in [0, 0.05) is 22.9 Å². The zero-order chi connectivity index (χ0) is 16.9. The van der Waals surface area contributed by atoms with Crippen LogP contribution in [0.25, 0.3) is 0 Å². The predicted molar refractivity (Wildman–Crippen MR) is 102 cm³/mol. The number of aromatic nitrogens is 1. The fourth-order valence-electron chi connectivity index (χ4n) is 3.04. The van der Waals surface area contributed by atoms with Crippen molar-refractivity contribution < 1.29 is 4.79 Å². The highest BCUT2D eigenvalue weighted by molar-refractivity contribution is 9.10. The summed E-state index contributed by atoms with van der Waals surface area (Å²) in [6.07, 6.45) is 9.62. The number of aryl methyl sites for hydroxylation is 1. The van der Waals surface area contributed by atoms with Gasteiger partial charge in [-0.3, -0.25) is 9.78 Å². The van der Waals surface area contributed by atoms with Gasteiger partial charge in [0.1, 0.15) is 0 Å². The molecule has 0 unspecified atom stereocenters. The number of carbonyl (C=O) groups excluding carboxylic acids is 1. The summed E-state index contributed by atoms with van der Waals surface area (Å²) in [6.45, 7) is 2.01. The van der Waals surface area contributed by atoms with Crippen molar-refractivity contribution in [3.05, 3.63) is 52.3 Å². The summed E-state index contributed by atoms with van der Waals surface area (Å²) in [5, 5.41) is 6.44. The van der Waals surface area contributed by atoms with E-state index in [-0.39, 0.29) is 5.91 Å². The molecule has 1 amide bonds. The van der Waals surface area contributed by atoms with Crippen molar-refractivity contribution in [3.8, 4) is 0 Å². The Kier molecular flexibility index (Phi) is 5.51. The Balaban J connectivity index is 1.69. The highest BCUT2D eigenvalue weighted by Gasteiger charge is 2.14. The van der Waals surface area contributed by atoms with Gasteiger partial charge in [0.15, 0.2) is 0 Å². The lowest BCUT2D eigenvalue weighted by molar-refractivity contribution is 0.102. The number of halogens is 1. The van der Waals surface area contributed by atoms with Gasteiger partial charge in [-0.1, -0.05) is 25.3 Å². The highest BCUT2D eigenvalue weighted by Crippen LogP contribution is 2.25. The first-order valence-corrected chi connectivity index (χ1v) is 9.20. The van der Waals surface area contributed by atoms with Gasteiger partial charge >= 0.3 is 0 Å². The first-order chi connectivity index (χ1) is 11.6. The smallest absolute Gasteiger partial charge is 0.257 e. The van der Waals surface area contributed by atoms with Crippen LogP contribution in [-0.2, 0) is 0 Å². The second kappa shape index (κ2) is 7.79. The van der Waals surface area contributed by atoms with E-state index in [2.05, 4.69) is 31.5 Å². The van der Waals surface area contributed by atoms with Gasteiger partial charge in [0.05, 0.1) is 16.9 Å². The molecule has 126 valence electrons. The maximum atomic E-state index is 12.5. The molecule has 5 heteroatoms. The van der Waals surface area contributed by atoms with E-state index < -0.39 is 0 Å². The number of hydrogen-bond acceptors (Lipinski definition) is 3. The number of amides is 1. The first kappa shape index (κ1) is 17.0. The molecule has 1 fully saturated rings. The normalized spacial score (nSPS) is 15.1. The van der Waals surface area contributed by atoms with Gasteiger partial charge in [0.25, 0.3) is 5.91 Å². The van der Waals surface area contributed by atoms with Crippen molar-refractivity contribution in [2.45, 2.75) is 45.1 Å². The molecule has 0 spiro atoms. The molecule has 2 aromatic rings. The number of rotatable bonds is 4. The van der Waals surface area contributed by atoms with Crippen molar-refractivity contribution in [2.75, 3.05) is 10.6 Å². The molecule has 4 nitrogen and oxygen atoms in total. The van der Waals surface area contributed by atoms with Crippen LogP contribution in [0.4, 0.5) is 11.4 Å². The molecule has 1 aliphatic rings. The van der Waals surface area contributed by atoms with Gasteiger partial charge in [0.2, 0.25) is 0 Å². The minimum absolute atomic E-state index is 0.153. The largest absolute Gasteiger partial charge is 0.381 e. The van der Waals surface area contributed by atoms with E-state index in [0.29, 0.717) is 11.6 Å². The van der Waals surface area contributed by atoms with E-state index in [0.717, 1.165) is 21.4 Å². The lowest BCUT2D eigenvalue weighted by Crippen LogP contribution is -2.22. The third-order valence-corrected chi connectivity index (χ3v) is 5.01. The number of nitrogens with zero attached hydrogens (tertiary/aromatic N) is 1. The highest BCUT2D eigenvalue weighted by atomic mass is 79.9. The molecule has 1 heterocycles. The molecule has 1 aromatic carbocycles. The summed E-state index contributed by atoms with van der Waals surface area (Å²) in [4.78, 5) is 16.7. The molecule has 1 aromatic heterocycles. The number of nitrogens with one attached hydrogen (secondary N) is 2. The Morgan fingerprint density at radius 1 is 1.17 bits per heavy atom. The van der Waals surface area contributed by atoms with Crippen LogP contribution in [0.1, 0.15) is 48.0 Å². The average molecular weight is 388 g/mol. The van der Waals surface area contributed by atoms with Crippen LogP contribution in [0, 0.1) is 6.92 Å². The molecule has 0 atom stereocenters. The van der Waals surface area contributed by atoms with Crippen LogP contribution < -0.4 is 10.6 Å². The molecule has 0 bridgehead atoms. The standard InChI is InChI=1S/C19H22BrN3O/c1-13-7-8-18(17(20)9-13)23-19(24)14-10-16(12-21-11-14)22-15-5-3-2-4-6-15/h7-12,15,22H,2-6H2,1H3,(H,23,24). The van der Waals surface area contributed by atoms with Gasteiger partial charge in [-0.05, 0) is 59.5 Å². The lowest BCUT2D eigenvalue weighted by Gasteiger charge is -2.23. The molecule has 3 rings (SSSR count). The molecule has 0 saturated heterocycles. The topological polar surface area (TPSA) is 54.0 Å². The average Bonchev–Trinajstić information content (AvgIpc) is 2.58. The van der Waals surface area contributed by atoms with E-state index in [4.69, 9.17) is 0 Å². The molecular formula is C19H22BrN3O. The summed E-state index contributed by atoms with van der Waals surface area (Å²) in [6, 6.07) is 8.22. The van der Waals surface area contributed by atoms with Crippen LogP contribution in [-0.4, -0.2) is 16.9 Å². The maximum absolute atomic E-state index is 12.5. The fraction of sp³-hybridized carbons (Fsp3) is 0.368. The predicted octanol–water partition coefficient (Wildman–Crippen LogP) is 5.15. The van der Waals surface area contributed by atoms with Crippen molar-refractivity contribution in [1.29, 1.82) is 0 Å². The number of hydrogen-bond donors (Lipinski definition) is 2. The minimum atomic E-state index is -0.153. The quantitative estimate of drug-likeness (QED) is 0.762. The van der Waals surface area contributed by atoms with Crippen LogP contribution >= 0.6 is 15.9 Å². The number of carbonyl (C=O) groups is 1. The Bertz CT molecular complexity index is 726. The number of pyridine rings is 1. The molecule has 1 aliphatic carbocycles. The van der Waals surface area contributed by atoms with E-state index in [9.17, 15) is 4.79 Å². The van der Waals surface area contributed by atoms with Crippen molar-refractivity contribution in [1.82, 2.24) is 4.98 Å². The maximum Gasteiger partial charge on any atom is 0.257 e. The van der Waals surface area contributed by atoms with E-state index in [1.807, 2.05) is 31.2 Å². The SMILES string of the molecule is Cc1ccc(NC(=O)c2cncc(NC3CCCCC3)c2)c(Br)c1. The van der Waals surface area contributed by atoms with Crippen LogP contribution in [0.15, 0.2) is 41.1 Å². The van der Waals surface area contributed by atoms with Gasteiger partial charge in [-0.2, -0.15) is 0 Å². The van der Waals surface area contributed by atoms with Gasteiger partial charge < -0.3 is 10.6 Å². The van der Waals surface area contributed by atoms with Crippen LogP contribution in [0.3, 0.4) is 0 Å². The summed E-state index contributed by atoms with van der Waals surface area (Å²) < 4.78 is 0.875. The minimum Gasteiger partial charge on any atom is -0.381 e. The monoisotopic (exact) mass is 387 g/mol. The number of benzene rings is 1. The van der Waals surface area contributed by atoms with Crippen molar-refractivity contribution >= 4 is 33.2 Å². The molecule has 1 saturated carbocycles. The summed E-state index contributed by atoms with van der Waals surface area (Å²) in [7, 11) is 0. The Hall–Kier alpha value is -1.88. The molecule has 0 aliphatic heterocycles. The second-order valence-electron chi connectivity index (χ2n) is 6.38. The fourth-order valence-corrected chi connectivity index (χ4v) is 3.63.